The molecule has 0 bridgehead atoms. The Morgan fingerprint density at radius 2 is 2.12 bits per heavy atom. The Morgan fingerprint density at radius 1 is 1.41 bits per heavy atom. The third kappa shape index (κ3) is 1.80. The maximum atomic E-state index is 11.3. The fourth-order valence-corrected chi connectivity index (χ4v) is 2.50. The van der Waals surface area contributed by atoms with Crippen LogP contribution in [0.5, 0.6) is 0 Å². The van der Waals surface area contributed by atoms with Crippen LogP contribution in [0.25, 0.3) is 10.9 Å². The zero-order chi connectivity index (χ0) is 12.6. The first-order valence-electron chi connectivity index (χ1n) is 5.64. The summed E-state index contributed by atoms with van der Waals surface area (Å²) in [5.74, 6) is -0.972. The number of hydrogen-bond donors (Lipinski definition) is 1. The summed E-state index contributed by atoms with van der Waals surface area (Å²) in [6, 6.07) is 5.86. The molecule has 2 aromatic rings. The minimum atomic E-state index is -0.972. The van der Waals surface area contributed by atoms with Crippen LogP contribution in [0.3, 0.4) is 0 Å². The van der Waals surface area contributed by atoms with Gasteiger partial charge in [-0.2, -0.15) is 0 Å². The summed E-state index contributed by atoms with van der Waals surface area (Å²) in [6.45, 7) is 4.65. The van der Waals surface area contributed by atoms with E-state index in [9.17, 15) is 9.90 Å². The van der Waals surface area contributed by atoms with Gasteiger partial charge < -0.3 is 9.67 Å². The van der Waals surface area contributed by atoms with Gasteiger partial charge in [-0.25, -0.2) is 4.79 Å². The fourth-order valence-electron chi connectivity index (χ4n) is 2.10. The second-order valence-electron chi connectivity index (χ2n) is 3.92. The molecule has 0 aliphatic rings. The molecule has 0 unspecified atom stereocenters. The van der Waals surface area contributed by atoms with Gasteiger partial charge in [0, 0.05) is 11.9 Å². The minimum Gasteiger partial charge on any atom is -0.478 e. The third-order valence-electron chi connectivity index (χ3n) is 3.00. The van der Waals surface area contributed by atoms with Crippen molar-refractivity contribution in [3.05, 3.63) is 34.5 Å². The lowest BCUT2D eigenvalue weighted by Gasteiger charge is -2.02. The Hall–Kier alpha value is -1.48. The predicted octanol–water partition coefficient (Wildman–Crippen LogP) is 3.58. The number of carboxylic acid groups (broad SMARTS) is 1. The Balaban J connectivity index is 2.86. The summed E-state index contributed by atoms with van der Waals surface area (Å²) in [5.41, 5.74) is 2.20. The molecule has 0 aliphatic carbocycles. The maximum Gasteiger partial charge on any atom is 0.339 e. The van der Waals surface area contributed by atoms with E-state index in [-0.39, 0.29) is 5.56 Å². The summed E-state index contributed by atoms with van der Waals surface area (Å²) >= 11 is 6.12. The first-order chi connectivity index (χ1) is 8.10. The Morgan fingerprint density at radius 3 is 2.65 bits per heavy atom. The lowest BCUT2D eigenvalue weighted by atomic mass is 10.1. The molecule has 0 aliphatic heterocycles. The van der Waals surface area contributed by atoms with Crippen LogP contribution in [0.15, 0.2) is 18.2 Å². The third-order valence-corrected chi connectivity index (χ3v) is 3.40. The van der Waals surface area contributed by atoms with Gasteiger partial charge in [0.1, 0.15) is 10.7 Å². The first kappa shape index (κ1) is 12.0. The van der Waals surface area contributed by atoms with E-state index in [1.54, 1.807) is 0 Å². The van der Waals surface area contributed by atoms with Gasteiger partial charge in [0.2, 0.25) is 0 Å². The average molecular weight is 252 g/mol. The number of rotatable bonds is 3. The highest BCUT2D eigenvalue weighted by atomic mass is 35.5. The molecule has 0 radical (unpaired) electrons. The van der Waals surface area contributed by atoms with E-state index in [2.05, 4.69) is 0 Å². The van der Waals surface area contributed by atoms with Gasteiger partial charge in [0.05, 0.1) is 5.52 Å². The van der Waals surface area contributed by atoms with Crippen LogP contribution in [0.2, 0.25) is 5.15 Å². The molecule has 4 heteroatoms. The monoisotopic (exact) mass is 251 g/mol. The number of nitrogens with zero attached hydrogens (tertiary/aromatic N) is 1. The number of aryl methyl sites for hydroxylation is 2. The normalized spacial score (nSPS) is 11.0. The van der Waals surface area contributed by atoms with E-state index < -0.39 is 5.97 Å². The van der Waals surface area contributed by atoms with Crippen molar-refractivity contribution in [3.8, 4) is 0 Å². The smallest absolute Gasteiger partial charge is 0.339 e. The van der Waals surface area contributed by atoms with E-state index >= 15 is 0 Å². The zero-order valence-corrected chi connectivity index (χ0v) is 10.6. The molecule has 1 aromatic carbocycles. The van der Waals surface area contributed by atoms with Crippen LogP contribution in [-0.2, 0) is 13.0 Å². The van der Waals surface area contributed by atoms with E-state index in [1.807, 2.05) is 36.6 Å². The molecule has 90 valence electrons. The highest BCUT2D eigenvalue weighted by Gasteiger charge is 2.20. The van der Waals surface area contributed by atoms with E-state index in [4.69, 9.17) is 11.6 Å². The molecule has 2 rings (SSSR count). The van der Waals surface area contributed by atoms with E-state index in [0.29, 0.717) is 11.7 Å². The quantitative estimate of drug-likeness (QED) is 0.906. The van der Waals surface area contributed by atoms with E-state index in [0.717, 1.165) is 22.9 Å². The van der Waals surface area contributed by atoms with Crippen LogP contribution in [-0.4, -0.2) is 15.6 Å². The van der Waals surface area contributed by atoms with Crippen molar-refractivity contribution in [2.24, 2.45) is 0 Å². The van der Waals surface area contributed by atoms with Gasteiger partial charge in [-0.3, -0.25) is 0 Å². The predicted molar refractivity (Wildman–Crippen MR) is 69.0 cm³/mol. The average Bonchev–Trinajstić information content (AvgIpc) is 2.59. The number of aromatic carboxylic acids is 1. The second kappa shape index (κ2) is 4.41. The van der Waals surface area contributed by atoms with E-state index in [1.165, 1.54) is 0 Å². The molecule has 3 nitrogen and oxygen atoms in total. The summed E-state index contributed by atoms with van der Waals surface area (Å²) in [6.07, 6.45) is 0.879. The van der Waals surface area contributed by atoms with Gasteiger partial charge in [-0.15, -0.1) is 0 Å². The number of benzene rings is 1. The molecular formula is C13H14ClNO2. The van der Waals surface area contributed by atoms with Crippen molar-refractivity contribution in [2.75, 3.05) is 0 Å². The molecule has 0 saturated carbocycles. The molecule has 1 N–H and O–H groups in total. The Bertz CT molecular complexity index is 587. The maximum absolute atomic E-state index is 11.3. The highest BCUT2D eigenvalue weighted by molar-refractivity contribution is 6.35. The summed E-state index contributed by atoms with van der Waals surface area (Å²) in [4.78, 5) is 11.3. The number of fused-ring (bicyclic) bond motifs is 1. The van der Waals surface area contributed by atoms with Crippen LogP contribution < -0.4 is 0 Å². The van der Waals surface area contributed by atoms with Gasteiger partial charge in [0.25, 0.3) is 0 Å². The van der Waals surface area contributed by atoms with Gasteiger partial charge >= 0.3 is 5.97 Å². The molecule has 17 heavy (non-hydrogen) atoms. The van der Waals surface area contributed by atoms with Crippen molar-refractivity contribution in [1.82, 2.24) is 4.57 Å². The van der Waals surface area contributed by atoms with Crippen LogP contribution in [0, 0.1) is 0 Å². The van der Waals surface area contributed by atoms with Crippen LogP contribution >= 0.6 is 11.6 Å². The lowest BCUT2D eigenvalue weighted by molar-refractivity contribution is 0.0699. The number of aromatic nitrogens is 1. The Kier molecular flexibility index (Phi) is 3.11. The fraction of sp³-hybridized carbons (Fsp3) is 0.308. The lowest BCUT2D eigenvalue weighted by Crippen LogP contribution is -1.98. The number of carboxylic acids is 1. The second-order valence-corrected chi connectivity index (χ2v) is 4.28. The van der Waals surface area contributed by atoms with Crippen molar-refractivity contribution in [1.29, 1.82) is 0 Å². The zero-order valence-electron chi connectivity index (χ0n) is 9.83. The minimum absolute atomic E-state index is 0.207. The highest BCUT2D eigenvalue weighted by Crippen LogP contribution is 2.31. The van der Waals surface area contributed by atoms with Crippen LogP contribution in [0.4, 0.5) is 0 Å². The summed E-state index contributed by atoms with van der Waals surface area (Å²) in [5, 5.41) is 10.3. The SMILES string of the molecule is CCc1ccc2c(c1)c(C(=O)O)c(Cl)n2CC. The number of halogens is 1. The van der Waals surface area contributed by atoms with Crippen molar-refractivity contribution in [3.63, 3.8) is 0 Å². The van der Waals surface area contributed by atoms with Gasteiger partial charge in [-0.05, 0) is 31.0 Å². The first-order valence-corrected chi connectivity index (χ1v) is 6.01. The van der Waals surface area contributed by atoms with Crippen molar-refractivity contribution >= 4 is 28.5 Å². The summed E-state index contributed by atoms with van der Waals surface area (Å²) in [7, 11) is 0. The van der Waals surface area contributed by atoms with Crippen molar-refractivity contribution in [2.45, 2.75) is 26.8 Å². The Labute approximate surface area is 105 Å². The summed E-state index contributed by atoms with van der Waals surface area (Å²) < 4.78 is 1.82. The molecule has 0 spiro atoms. The molecule has 0 saturated heterocycles. The topological polar surface area (TPSA) is 42.2 Å². The molecule has 0 atom stereocenters. The van der Waals surface area contributed by atoms with Crippen molar-refractivity contribution < 1.29 is 9.90 Å². The molecule has 0 fully saturated rings. The molecule has 0 amide bonds. The number of carbonyl (C=O) groups is 1. The molecule has 1 heterocycles. The van der Waals surface area contributed by atoms with Gasteiger partial charge in [-0.1, -0.05) is 24.6 Å². The number of hydrogen-bond acceptors (Lipinski definition) is 1. The standard InChI is InChI=1S/C13H14ClNO2/c1-3-8-5-6-10-9(7-8)11(13(16)17)12(14)15(10)4-2/h5-7H,3-4H2,1-2H3,(H,16,17). The molecule has 1 aromatic heterocycles. The van der Waals surface area contributed by atoms with Gasteiger partial charge in [0.15, 0.2) is 0 Å². The van der Waals surface area contributed by atoms with Crippen LogP contribution in [0.1, 0.15) is 29.8 Å². The largest absolute Gasteiger partial charge is 0.478 e. The molecular weight excluding hydrogens is 238 g/mol.